The number of hydrogen-bond donors (Lipinski definition) is 3. The standard InChI is InChI=1S/C24H28F3N3O4/c25-24(26,27)17-8-6-16(7-9-17)23(33)28-14-19-21(22(32)20(15-31)34-19)30-12-10-29(11-13-30)18-4-2-1-3-5-18/h1-9,19-22,31-32H,10-15H2,(H,28,33)/t19-,20+,21+,22-/m1/s1. The normalized spacial score (nSPS) is 26.0. The lowest BCUT2D eigenvalue weighted by atomic mass is 10.0. The zero-order chi connectivity index (χ0) is 24.3. The summed E-state index contributed by atoms with van der Waals surface area (Å²) < 4.78 is 44.1. The molecule has 184 valence electrons. The predicted molar refractivity (Wildman–Crippen MR) is 120 cm³/mol. The second kappa shape index (κ2) is 10.3. The molecule has 0 saturated carbocycles. The zero-order valence-corrected chi connectivity index (χ0v) is 18.5. The number of carbonyl (C=O) groups excluding carboxylic acids is 1. The average Bonchev–Trinajstić information content (AvgIpc) is 3.17. The SMILES string of the molecule is O=C(NC[C@H]1O[C@@H](CO)[C@@H](O)[C@H]1N1CCN(c2ccccc2)CC1)c1ccc(C(F)(F)F)cc1. The van der Waals surface area contributed by atoms with E-state index >= 15 is 0 Å². The van der Waals surface area contributed by atoms with Gasteiger partial charge in [-0.25, -0.2) is 0 Å². The largest absolute Gasteiger partial charge is 0.416 e. The van der Waals surface area contributed by atoms with E-state index in [0.29, 0.717) is 13.1 Å². The summed E-state index contributed by atoms with van der Waals surface area (Å²) in [6.07, 6.45) is -6.75. The van der Waals surface area contributed by atoms with Crippen LogP contribution in [0.25, 0.3) is 0 Å². The Hall–Kier alpha value is -2.66. The Kier molecular flexibility index (Phi) is 7.42. The molecule has 0 unspecified atom stereocenters. The number of aliphatic hydroxyl groups excluding tert-OH is 2. The Morgan fingerprint density at radius 3 is 2.24 bits per heavy atom. The lowest BCUT2D eigenvalue weighted by Crippen LogP contribution is -2.57. The number of carbonyl (C=O) groups is 1. The van der Waals surface area contributed by atoms with Crippen LogP contribution in [0, 0.1) is 0 Å². The van der Waals surface area contributed by atoms with Gasteiger partial charge < -0.3 is 25.2 Å². The zero-order valence-electron chi connectivity index (χ0n) is 18.5. The molecular formula is C24H28F3N3O4. The highest BCUT2D eigenvalue weighted by Crippen LogP contribution is 2.30. The van der Waals surface area contributed by atoms with E-state index in [9.17, 15) is 28.2 Å². The van der Waals surface area contributed by atoms with Gasteiger partial charge in [0.2, 0.25) is 0 Å². The number of piperazine rings is 1. The quantitative estimate of drug-likeness (QED) is 0.586. The van der Waals surface area contributed by atoms with E-state index in [1.54, 1.807) is 0 Å². The maximum Gasteiger partial charge on any atom is 0.416 e. The predicted octanol–water partition coefficient (Wildman–Crippen LogP) is 1.75. The number of para-hydroxylation sites is 1. The van der Waals surface area contributed by atoms with E-state index in [1.165, 1.54) is 0 Å². The lowest BCUT2D eigenvalue weighted by molar-refractivity contribution is -0.137. The van der Waals surface area contributed by atoms with Gasteiger partial charge in [0.15, 0.2) is 0 Å². The molecule has 2 aliphatic rings. The van der Waals surface area contributed by atoms with Crippen LogP contribution in [0.3, 0.4) is 0 Å². The number of rotatable bonds is 6. The Morgan fingerprint density at radius 2 is 1.65 bits per heavy atom. The highest BCUT2D eigenvalue weighted by molar-refractivity contribution is 5.94. The molecule has 0 spiro atoms. The second-order valence-corrected chi connectivity index (χ2v) is 8.52. The highest BCUT2D eigenvalue weighted by atomic mass is 19.4. The van der Waals surface area contributed by atoms with Crippen LogP contribution >= 0.6 is 0 Å². The molecule has 3 N–H and O–H groups in total. The summed E-state index contributed by atoms with van der Waals surface area (Å²) in [5, 5.41) is 23.1. The number of hydrogen-bond acceptors (Lipinski definition) is 6. The molecule has 10 heteroatoms. The second-order valence-electron chi connectivity index (χ2n) is 8.52. The minimum atomic E-state index is -4.47. The Balaban J connectivity index is 1.38. The molecular weight excluding hydrogens is 451 g/mol. The summed E-state index contributed by atoms with van der Waals surface area (Å²) >= 11 is 0. The fourth-order valence-corrected chi connectivity index (χ4v) is 4.62. The molecule has 4 atom stereocenters. The van der Waals surface area contributed by atoms with Gasteiger partial charge in [0.25, 0.3) is 5.91 Å². The first-order valence-electron chi connectivity index (χ1n) is 11.2. The van der Waals surface area contributed by atoms with Gasteiger partial charge in [-0.1, -0.05) is 18.2 Å². The summed E-state index contributed by atoms with van der Waals surface area (Å²) in [6, 6.07) is 13.6. The van der Waals surface area contributed by atoms with Crippen molar-refractivity contribution in [1.82, 2.24) is 10.2 Å². The van der Waals surface area contributed by atoms with Crippen molar-refractivity contribution < 1.29 is 32.9 Å². The lowest BCUT2D eigenvalue weighted by Gasteiger charge is -2.41. The Labute approximate surface area is 195 Å². The molecule has 34 heavy (non-hydrogen) atoms. The van der Waals surface area contributed by atoms with Crippen molar-refractivity contribution in [3.8, 4) is 0 Å². The average molecular weight is 479 g/mol. The van der Waals surface area contributed by atoms with Gasteiger partial charge in [0.05, 0.1) is 24.3 Å². The summed E-state index contributed by atoms with van der Waals surface area (Å²) in [6.45, 7) is 2.54. The van der Waals surface area contributed by atoms with Gasteiger partial charge in [-0.3, -0.25) is 9.69 Å². The molecule has 2 aromatic carbocycles. The number of anilines is 1. The fraction of sp³-hybridized carbons (Fsp3) is 0.458. The Morgan fingerprint density at radius 1 is 1.00 bits per heavy atom. The third-order valence-corrected chi connectivity index (χ3v) is 6.44. The maximum absolute atomic E-state index is 12.8. The first-order valence-corrected chi connectivity index (χ1v) is 11.2. The van der Waals surface area contributed by atoms with Crippen LogP contribution in [-0.4, -0.2) is 84.7 Å². The van der Waals surface area contributed by atoms with Crippen molar-refractivity contribution >= 4 is 11.6 Å². The molecule has 7 nitrogen and oxygen atoms in total. The molecule has 0 aromatic heterocycles. The number of ether oxygens (including phenoxy) is 1. The van der Waals surface area contributed by atoms with Crippen LogP contribution in [0.2, 0.25) is 0 Å². The van der Waals surface area contributed by atoms with Crippen molar-refractivity contribution in [2.45, 2.75) is 30.5 Å². The Bertz CT molecular complexity index is 950. The van der Waals surface area contributed by atoms with E-state index in [0.717, 1.165) is 43.0 Å². The molecule has 2 saturated heterocycles. The fourth-order valence-electron chi connectivity index (χ4n) is 4.62. The molecule has 4 rings (SSSR count). The number of benzene rings is 2. The molecule has 2 aromatic rings. The van der Waals surface area contributed by atoms with Gasteiger partial charge in [-0.05, 0) is 36.4 Å². The molecule has 2 heterocycles. The van der Waals surface area contributed by atoms with Crippen LogP contribution in [0.5, 0.6) is 0 Å². The molecule has 2 fully saturated rings. The summed E-state index contributed by atoms with van der Waals surface area (Å²) in [5.74, 6) is -0.535. The molecule has 1 amide bonds. The number of alkyl halides is 3. The van der Waals surface area contributed by atoms with Crippen molar-refractivity contribution in [3.05, 3.63) is 65.7 Å². The summed E-state index contributed by atoms with van der Waals surface area (Å²) in [5.41, 5.74) is 0.393. The van der Waals surface area contributed by atoms with E-state index in [4.69, 9.17) is 4.74 Å². The van der Waals surface area contributed by atoms with Gasteiger partial charge in [-0.15, -0.1) is 0 Å². The highest BCUT2D eigenvalue weighted by Gasteiger charge is 2.46. The summed E-state index contributed by atoms with van der Waals surface area (Å²) in [7, 11) is 0. The molecule has 0 radical (unpaired) electrons. The van der Waals surface area contributed by atoms with E-state index in [1.807, 2.05) is 30.3 Å². The van der Waals surface area contributed by atoms with E-state index in [-0.39, 0.29) is 18.7 Å². The van der Waals surface area contributed by atoms with Crippen LogP contribution in [-0.2, 0) is 10.9 Å². The minimum absolute atomic E-state index is 0.0526. The summed E-state index contributed by atoms with van der Waals surface area (Å²) in [4.78, 5) is 16.9. The minimum Gasteiger partial charge on any atom is -0.394 e. The third kappa shape index (κ3) is 5.35. The first kappa shape index (κ1) is 24.5. The molecule has 0 bridgehead atoms. The number of nitrogens with one attached hydrogen (secondary N) is 1. The first-order chi connectivity index (χ1) is 16.3. The van der Waals surface area contributed by atoms with Gasteiger partial charge in [-0.2, -0.15) is 13.2 Å². The van der Waals surface area contributed by atoms with Crippen LogP contribution < -0.4 is 10.2 Å². The monoisotopic (exact) mass is 479 g/mol. The van der Waals surface area contributed by atoms with Crippen LogP contribution in [0.15, 0.2) is 54.6 Å². The maximum atomic E-state index is 12.8. The van der Waals surface area contributed by atoms with Gasteiger partial charge >= 0.3 is 6.18 Å². The molecule has 0 aliphatic carbocycles. The number of aliphatic hydroxyl groups is 2. The van der Waals surface area contributed by atoms with Gasteiger partial charge in [0.1, 0.15) is 12.2 Å². The number of nitrogens with zero attached hydrogens (tertiary/aromatic N) is 2. The van der Waals surface area contributed by atoms with Crippen molar-refractivity contribution in [3.63, 3.8) is 0 Å². The van der Waals surface area contributed by atoms with E-state index in [2.05, 4.69) is 15.1 Å². The number of amides is 1. The third-order valence-electron chi connectivity index (χ3n) is 6.44. The van der Waals surface area contributed by atoms with Crippen LogP contribution in [0.4, 0.5) is 18.9 Å². The van der Waals surface area contributed by atoms with Crippen molar-refractivity contribution in [2.75, 3.05) is 44.2 Å². The van der Waals surface area contributed by atoms with Crippen molar-refractivity contribution in [2.24, 2.45) is 0 Å². The van der Waals surface area contributed by atoms with Gasteiger partial charge in [0, 0.05) is 44.0 Å². The smallest absolute Gasteiger partial charge is 0.394 e. The van der Waals surface area contributed by atoms with Crippen LogP contribution in [0.1, 0.15) is 15.9 Å². The topological polar surface area (TPSA) is 85.3 Å². The van der Waals surface area contributed by atoms with Crippen molar-refractivity contribution in [1.29, 1.82) is 0 Å². The molecule has 2 aliphatic heterocycles. The number of halogens is 3. The van der Waals surface area contributed by atoms with E-state index < -0.39 is 42.0 Å².